The number of aromatic nitrogens is 1. The Hall–Kier alpha value is -0.720. The first-order chi connectivity index (χ1) is 5.85. The van der Waals surface area contributed by atoms with Crippen LogP contribution >= 0.6 is 0 Å². The van der Waals surface area contributed by atoms with Crippen LogP contribution in [0.25, 0.3) is 0 Å². The molecule has 0 aliphatic carbocycles. The predicted octanol–water partition coefficient (Wildman–Crippen LogP) is 3.77. The van der Waals surface area contributed by atoms with Gasteiger partial charge in [0.25, 0.3) is 0 Å². The van der Waals surface area contributed by atoms with Gasteiger partial charge in [-0.2, -0.15) is 0 Å². The summed E-state index contributed by atoms with van der Waals surface area (Å²) >= 11 is 0. The zero-order valence-corrected chi connectivity index (χ0v) is 8.56. The Labute approximate surface area is 76.2 Å². The summed E-state index contributed by atoms with van der Waals surface area (Å²) in [6, 6.07) is 4.15. The number of unbranched alkanes of at least 4 members (excludes halogenated alkanes) is 1. The van der Waals surface area contributed by atoms with Gasteiger partial charge in [0.05, 0.1) is 0 Å². The van der Waals surface area contributed by atoms with Crippen molar-refractivity contribution in [2.45, 2.75) is 46.5 Å². The van der Waals surface area contributed by atoms with E-state index in [1.54, 1.807) is 0 Å². The Bertz CT molecular complexity index is 152. The van der Waals surface area contributed by atoms with Crippen LogP contribution in [-0.4, -0.2) is 4.98 Å². The van der Waals surface area contributed by atoms with Crippen molar-refractivity contribution in [3.63, 3.8) is 0 Å². The van der Waals surface area contributed by atoms with Crippen LogP contribution in [0, 0.1) is 0 Å². The fraction of sp³-hybridized carbons (Fsp3) is 0.636. The fourth-order valence-electron chi connectivity index (χ4n) is 0.792. The summed E-state index contributed by atoms with van der Waals surface area (Å²) in [5.74, 6) is 0. The molecule has 0 fully saturated rings. The molecule has 1 N–H and O–H groups in total. The van der Waals surface area contributed by atoms with Crippen molar-refractivity contribution in [1.82, 2.24) is 4.98 Å². The van der Waals surface area contributed by atoms with Gasteiger partial charge in [0.2, 0.25) is 0 Å². The molecule has 0 saturated carbocycles. The van der Waals surface area contributed by atoms with Gasteiger partial charge in [0.15, 0.2) is 0 Å². The van der Waals surface area contributed by atoms with E-state index >= 15 is 0 Å². The molecule has 1 heteroatoms. The third-order valence-electron chi connectivity index (χ3n) is 1.68. The van der Waals surface area contributed by atoms with Crippen molar-refractivity contribution in [3.8, 4) is 0 Å². The maximum absolute atomic E-state index is 3.14. The van der Waals surface area contributed by atoms with E-state index in [9.17, 15) is 0 Å². The lowest BCUT2D eigenvalue weighted by Crippen LogP contribution is -1.78. The number of hydrogen-bond donors (Lipinski definition) is 1. The second-order valence-corrected chi connectivity index (χ2v) is 2.95. The Morgan fingerprint density at radius 1 is 1.08 bits per heavy atom. The van der Waals surface area contributed by atoms with Crippen molar-refractivity contribution in [1.29, 1.82) is 0 Å². The van der Waals surface area contributed by atoms with Gasteiger partial charge in [-0.15, -0.1) is 0 Å². The number of hydrogen-bond acceptors (Lipinski definition) is 0. The number of nitrogens with one attached hydrogen (secondary N) is 1. The highest BCUT2D eigenvalue weighted by Crippen LogP contribution is 1.96. The Morgan fingerprint density at radius 2 is 1.75 bits per heavy atom. The number of aromatic amines is 1. The van der Waals surface area contributed by atoms with Gasteiger partial charge in [0.1, 0.15) is 0 Å². The molecule has 0 aliphatic heterocycles. The van der Waals surface area contributed by atoms with E-state index < -0.39 is 0 Å². The maximum Gasteiger partial charge on any atom is 0.0147 e. The second-order valence-electron chi connectivity index (χ2n) is 2.95. The molecule has 1 aromatic heterocycles. The molecule has 12 heavy (non-hydrogen) atoms. The Kier molecular flexibility index (Phi) is 7.87. The van der Waals surface area contributed by atoms with Gasteiger partial charge >= 0.3 is 0 Å². The highest BCUT2D eigenvalue weighted by molar-refractivity contribution is 5.02. The van der Waals surface area contributed by atoms with Gasteiger partial charge in [-0.05, 0) is 18.6 Å². The van der Waals surface area contributed by atoms with Crippen molar-refractivity contribution < 1.29 is 0 Å². The van der Waals surface area contributed by atoms with E-state index in [-0.39, 0.29) is 0 Å². The minimum Gasteiger partial charge on any atom is -0.365 e. The van der Waals surface area contributed by atoms with Crippen LogP contribution in [0.2, 0.25) is 0 Å². The molecule has 1 heterocycles. The van der Waals surface area contributed by atoms with Crippen molar-refractivity contribution in [2.75, 3.05) is 0 Å². The third kappa shape index (κ3) is 6.02. The molecule has 0 unspecified atom stereocenters. The third-order valence-corrected chi connectivity index (χ3v) is 1.68. The van der Waals surface area contributed by atoms with Gasteiger partial charge in [-0.1, -0.05) is 40.0 Å². The molecule has 0 atom stereocenters. The number of H-pyrrole nitrogens is 1. The highest BCUT2D eigenvalue weighted by atomic mass is 14.7. The molecule has 0 saturated heterocycles. The van der Waals surface area contributed by atoms with E-state index in [1.807, 2.05) is 12.3 Å². The van der Waals surface area contributed by atoms with E-state index in [0.717, 1.165) is 0 Å². The van der Waals surface area contributed by atoms with Gasteiger partial charge in [-0.25, -0.2) is 0 Å². The fourth-order valence-corrected chi connectivity index (χ4v) is 0.792. The zero-order valence-electron chi connectivity index (χ0n) is 8.56. The van der Waals surface area contributed by atoms with Crippen LogP contribution < -0.4 is 0 Å². The number of rotatable bonds is 3. The van der Waals surface area contributed by atoms with Crippen molar-refractivity contribution >= 4 is 0 Å². The highest BCUT2D eigenvalue weighted by Gasteiger charge is 1.85. The molecule has 0 aliphatic rings. The molecule has 0 spiro atoms. The standard InChI is InChI=1S/C7H11N.C4H10/c1-2-4-7-5-3-6-8-7;1-3-4-2/h3,5-6,8H,2,4H2,1H3;3-4H2,1-2H3. The molecule has 1 rings (SSSR count). The average Bonchev–Trinajstić information content (AvgIpc) is 2.58. The van der Waals surface area contributed by atoms with Crippen LogP contribution in [0.5, 0.6) is 0 Å². The first-order valence-electron chi connectivity index (χ1n) is 4.97. The van der Waals surface area contributed by atoms with Crippen molar-refractivity contribution in [3.05, 3.63) is 24.0 Å². The van der Waals surface area contributed by atoms with E-state index in [0.29, 0.717) is 0 Å². The molecule has 0 radical (unpaired) electrons. The largest absolute Gasteiger partial charge is 0.365 e. The van der Waals surface area contributed by atoms with E-state index in [1.165, 1.54) is 31.4 Å². The molecule has 0 bridgehead atoms. The molecular weight excluding hydrogens is 146 g/mol. The predicted molar refractivity (Wildman–Crippen MR) is 55.4 cm³/mol. The zero-order chi connectivity index (χ0) is 9.23. The summed E-state index contributed by atoms with van der Waals surface area (Å²) in [7, 11) is 0. The average molecular weight is 167 g/mol. The van der Waals surface area contributed by atoms with Crippen LogP contribution in [0.3, 0.4) is 0 Å². The first-order valence-corrected chi connectivity index (χ1v) is 4.97. The number of aryl methyl sites for hydroxylation is 1. The molecule has 1 aromatic rings. The summed E-state index contributed by atoms with van der Waals surface area (Å²) in [4.78, 5) is 3.14. The summed E-state index contributed by atoms with van der Waals surface area (Å²) in [5.41, 5.74) is 1.34. The minimum absolute atomic E-state index is 1.17. The molecule has 70 valence electrons. The second kappa shape index (κ2) is 8.38. The van der Waals surface area contributed by atoms with E-state index in [4.69, 9.17) is 0 Å². The summed E-state index contributed by atoms with van der Waals surface area (Å²) in [6.45, 7) is 6.54. The minimum atomic E-state index is 1.17. The summed E-state index contributed by atoms with van der Waals surface area (Å²) in [6.07, 6.45) is 7.00. The van der Waals surface area contributed by atoms with Gasteiger partial charge in [-0.3, -0.25) is 0 Å². The lowest BCUT2D eigenvalue weighted by Gasteiger charge is -1.87. The smallest absolute Gasteiger partial charge is 0.0147 e. The molecular formula is C11H21N. The van der Waals surface area contributed by atoms with Gasteiger partial charge in [0, 0.05) is 11.9 Å². The summed E-state index contributed by atoms with van der Waals surface area (Å²) in [5, 5.41) is 0. The van der Waals surface area contributed by atoms with Crippen LogP contribution in [0.4, 0.5) is 0 Å². The molecule has 1 nitrogen and oxygen atoms in total. The van der Waals surface area contributed by atoms with Crippen LogP contribution in [0.1, 0.15) is 45.7 Å². The monoisotopic (exact) mass is 167 g/mol. The lowest BCUT2D eigenvalue weighted by molar-refractivity contribution is 0.886. The quantitative estimate of drug-likeness (QED) is 0.705. The Balaban J connectivity index is 0.000000261. The SMILES string of the molecule is CCCC.CCCc1ccc[nH]1. The van der Waals surface area contributed by atoms with E-state index in [2.05, 4.69) is 31.8 Å². The van der Waals surface area contributed by atoms with Crippen LogP contribution in [0.15, 0.2) is 18.3 Å². The first kappa shape index (κ1) is 11.3. The lowest BCUT2D eigenvalue weighted by atomic mass is 10.3. The maximum atomic E-state index is 3.14. The van der Waals surface area contributed by atoms with Gasteiger partial charge < -0.3 is 4.98 Å². The summed E-state index contributed by atoms with van der Waals surface area (Å²) < 4.78 is 0. The van der Waals surface area contributed by atoms with Crippen molar-refractivity contribution in [2.24, 2.45) is 0 Å². The topological polar surface area (TPSA) is 15.8 Å². The van der Waals surface area contributed by atoms with Crippen LogP contribution in [-0.2, 0) is 6.42 Å². The Morgan fingerprint density at radius 3 is 2.08 bits per heavy atom. The normalized spacial score (nSPS) is 8.92. The molecule has 0 amide bonds. The molecule has 0 aromatic carbocycles.